The Bertz CT molecular complexity index is 545. The molecule has 160 valence electrons. The van der Waals surface area contributed by atoms with Crippen LogP contribution in [0.5, 0.6) is 0 Å². The number of hydrogen-bond acceptors (Lipinski definition) is 9. The van der Waals surface area contributed by atoms with Crippen LogP contribution in [0.3, 0.4) is 0 Å². The van der Waals surface area contributed by atoms with Gasteiger partial charge >= 0.3 is 11.9 Å². The molecule has 0 spiro atoms. The maximum atomic E-state index is 11.3. The van der Waals surface area contributed by atoms with Crippen LogP contribution in [0, 0.1) is 11.3 Å². The summed E-state index contributed by atoms with van der Waals surface area (Å²) in [6, 6.07) is 2.35. The number of carbonyl (C=O) groups excluding carboxylic acids is 2. The molecule has 1 aliphatic heterocycles. The minimum atomic E-state index is -1.50. The number of carbonyl (C=O) groups is 2. The van der Waals surface area contributed by atoms with Gasteiger partial charge in [-0.05, 0) is 27.7 Å². The van der Waals surface area contributed by atoms with Gasteiger partial charge in [0, 0.05) is 32.4 Å². The molecule has 1 rings (SSSR count). The van der Waals surface area contributed by atoms with Crippen molar-refractivity contribution in [1.82, 2.24) is 4.67 Å². The first-order valence-electron chi connectivity index (χ1n) is 9.36. The van der Waals surface area contributed by atoms with Gasteiger partial charge in [-0.25, -0.2) is 4.67 Å². The summed E-state index contributed by atoms with van der Waals surface area (Å²) < 4.78 is 30.2. The molecule has 1 heterocycles. The van der Waals surface area contributed by atoms with Crippen LogP contribution in [0.1, 0.15) is 54.4 Å². The van der Waals surface area contributed by atoms with Crippen molar-refractivity contribution in [2.24, 2.45) is 0 Å². The Morgan fingerprint density at radius 2 is 1.86 bits per heavy atom. The average molecular weight is 418 g/mol. The van der Waals surface area contributed by atoms with E-state index in [4.69, 9.17) is 28.5 Å². The lowest BCUT2D eigenvalue weighted by Gasteiger charge is -2.37. The molecule has 0 radical (unpaired) electrons. The van der Waals surface area contributed by atoms with Gasteiger partial charge < -0.3 is 23.3 Å². The summed E-state index contributed by atoms with van der Waals surface area (Å²) in [5.74, 6) is -0.896. The first-order chi connectivity index (χ1) is 13.1. The lowest BCUT2D eigenvalue weighted by atomic mass is 10.2. The standard InChI is InChI=1S/C18H31N2O7P/c1-12(2)20(13(3)4)28(24-9-7-8-19)27-16-10-18(25-15(6)22)26-17(16)11-23-14(5)21/h12-13,16-18H,7,9-11H2,1-6H3. The van der Waals surface area contributed by atoms with Gasteiger partial charge in [-0.2, -0.15) is 5.26 Å². The van der Waals surface area contributed by atoms with Gasteiger partial charge in [-0.3, -0.25) is 9.59 Å². The number of esters is 2. The predicted octanol–water partition coefficient (Wildman–Crippen LogP) is 2.89. The van der Waals surface area contributed by atoms with Crippen LogP contribution >= 0.6 is 8.53 Å². The highest BCUT2D eigenvalue weighted by Crippen LogP contribution is 2.49. The summed E-state index contributed by atoms with van der Waals surface area (Å²) in [5, 5.41) is 8.81. The Kier molecular flexibility index (Phi) is 10.9. The topological polar surface area (TPSA) is 107 Å². The monoisotopic (exact) mass is 418 g/mol. The molecule has 0 saturated carbocycles. The molecule has 0 bridgehead atoms. The zero-order valence-electron chi connectivity index (χ0n) is 17.4. The van der Waals surface area contributed by atoms with Crippen LogP contribution in [-0.4, -0.2) is 60.4 Å². The number of nitrogens with zero attached hydrogens (tertiary/aromatic N) is 2. The normalized spacial score (nSPS) is 23.1. The second-order valence-corrected chi connectivity index (χ2v) is 8.35. The molecule has 10 heteroatoms. The van der Waals surface area contributed by atoms with Gasteiger partial charge in [-0.15, -0.1) is 0 Å². The van der Waals surface area contributed by atoms with E-state index >= 15 is 0 Å². The molecule has 4 atom stereocenters. The molecule has 1 aliphatic rings. The van der Waals surface area contributed by atoms with Crippen LogP contribution < -0.4 is 0 Å². The van der Waals surface area contributed by atoms with Crippen molar-refractivity contribution in [2.75, 3.05) is 13.2 Å². The Morgan fingerprint density at radius 3 is 2.36 bits per heavy atom. The lowest BCUT2D eigenvalue weighted by molar-refractivity contribution is -0.178. The second-order valence-electron chi connectivity index (χ2n) is 6.94. The third-order valence-electron chi connectivity index (χ3n) is 3.80. The summed E-state index contributed by atoms with van der Waals surface area (Å²) in [6.07, 6.45) is -1.29. The SMILES string of the molecule is CC(=O)OCC1OC(OC(C)=O)CC1OP(OCCC#N)N(C(C)C)C(C)C. The third kappa shape index (κ3) is 8.38. The molecule has 28 heavy (non-hydrogen) atoms. The fourth-order valence-electron chi connectivity index (χ4n) is 2.81. The van der Waals surface area contributed by atoms with Crippen LogP contribution in [0.15, 0.2) is 0 Å². The largest absolute Gasteiger partial charge is 0.463 e. The maximum Gasteiger partial charge on any atom is 0.304 e. The molecular formula is C18H31N2O7P. The molecule has 0 aromatic heterocycles. The first-order valence-corrected chi connectivity index (χ1v) is 10.5. The highest BCUT2D eigenvalue weighted by Gasteiger charge is 2.42. The Morgan fingerprint density at radius 1 is 1.21 bits per heavy atom. The van der Waals surface area contributed by atoms with E-state index in [0.717, 1.165) is 0 Å². The van der Waals surface area contributed by atoms with E-state index in [9.17, 15) is 9.59 Å². The molecule has 0 aromatic carbocycles. The van der Waals surface area contributed by atoms with Crippen molar-refractivity contribution in [3.63, 3.8) is 0 Å². The summed E-state index contributed by atoms with van der Waals surface area (Å²) >= 11 is 0. The molecule has 9 nitrogen and oxygen atoms in total. The van der Waals surface area contributed by atoms with E-state index in [1.54, 1.807) is 0 Å². The number of rotatable bonds is 11. The molecule has 1 fully saturated rings. The smallest absolute Gasteiger partial charge is 0.304 e. The van der Waals surface area contributed by atoms with Crippen molar-refractivity contribution in [1.29, 1.82) is 5.26 Å². The van der Waals surface area contributed by atoms with E-state index in [1.807, 2.05) is 27.7 Å². The highest BCUT2D eigenvalue weighted by atomic mass is 31.2. The van der Waals surface area contributed by atoms with Crippen LogP contribution in [-0.2, 0) is 32.8 Å². The second kappa shape index (κ2) is 12.3. The Hall–Kier alpha value is -1.30. The van der Waals surface area contributed by atoms with E-state index < -0.39 is 39.0 Å². The molecular weight excluding hydrogens is 387 g/mol. The molecule has 0 amide bonds. The zero-order chi connectivity index (χ0) is 21.3. The van der Waals surface area contributed by atoms with Crippen LogP contribution in [0.4, 0.5) is 0 Å². The fourth-order valence-corrected chi connectivity index (χ4v) is 4.57. The number of nitriles is 1. The van der Waals surface area contributed by atoms with Crippen molar-refractivity contribution in [2.45, 2.75) is 85.0 Å². The van der Waals surface area contributed by atoms with E-state index in [2.05, 4.69) is 10.7 Å². The third-order valence-corrected chi connectivity index (χ3v) is 5.96. The summed E-state index contributed by atoms with van der Waals surface area (Å²) in [6.45, 7) is 11.0. The van der Waals surface area contributed by atoms with E-state index in [-0.39, 0.29) is 31.7 Å². The molecule has 0 aliphatic carbocycles. The zero-order valence-corrected chi connectivity index (χ0v) is 18.3. The molecule has 1 saturated heterocycles. The van der Waals surface area contributed by atoms with Crippen LogP contribution in [0.25, 0.3) is 0 Å². The molecule has 0 N–H and O–H groups in total. The highest BCUT2D eigenvalue weighted by molar-refractivity contribution is 7.44. The van der Waals surface area contributed by atoms with Gasteiger partial charge in [0.15, 0.2) is 0 Å². The Balaban J connectivity index is 2.93. The van der Waals surface area contributed by atoms with Crippen LogP contribution in [0.2, 0.25) is 0 Å². The predicted molar refractivity (Wildman–Crippen MR) is 102 cm³/mol. The Labute approximate surface area is 168 Å². The van der Waals surface area contributed by atoms with Gasteiger partial charge in [0.1, 0.15) is 18.8 Å². The fraction of sp³-hybridized carbons (Fsp3) is 0.833. The average Bonchev–Trinajstić information content (AvgIpc) is 2.92. The number of hydrogen-bond donors (Lipinski definition) is 0. The lowest BCUT2D eigenvalue weighted by Crippen LogP contribution is -2.36. The minimum absolute atomic E-state index is 0.0114. The van der Waals surface area contributed by atoms with Gasteiger partial charge in [0.05, 0.1) is 19.1 Å². The molecule has 0 aromatic rings. The van der Waals surface area contributed by atoms with Gasteiger partial charge in [0.2, 0.25) is 6.29 Å². The number of ether oxygens (including phenoxy) is 3. The maximum absolute atomic E-state index is 11.3. The minimum Gasteiger partial charge on any atom is -0.463 e. The first kappa shape index (κ1) is 24.7. The summed E-state index contributed by atoms with van der Waals surface area (Å²) in [4.78, 5) is 22.5. The molecule has 4 unspecified atom stereocenters. The summed E-state index contributed by atoms with van der Waals surface area (Å²) in [7, 11) is -1.50. The van der Waals surface area contributed by atoms with Crippen molar-refractivity contribution in [3.05, 3.63) is 0 Å². The van der Waals surface area contributed by atoms with Gasteiger partial charge in [0.25, 0.3) is 8.53 Å². The van der Waals surface area contributed by atoms with Crippen molar-refractivity contribution < 1.29 is 32.8 Å². The van der Waals surface area contributed by atoms with Crippen molar-refractivity contribution >= 4 is 20.5 Å². The van der Waals surface area contributed by atoms with Crippen molar-refractivity contribution in [3.8, 4) is 6.07 Å². The van der Waals surface area contributed by atoms with E-state index in [1.165, 1.54) is 13.8 Å². The van der Waals surface area contributed by atoms with Gasteiger partial charge in [-0.1, -0.05) is 0 Å². The van der Waals surface area contributed by atoms with E-state index in [0.29, 0.717) is 6.42 Å². The quantitative estimate of drug-likeness (QED) is 0.284. The summed E-state index contributed by atoms with van der Waals surface area (Å²) in [5.41, 5.74) is 0.